The van der Waals surface area contributed by atoms with E-state index in [0.29, 0.717) is 57.4 Å². The summed E-state index contributed by atoms with van der Waals surface area (Å²) in [5, 5.41) is 5.75. The lowest BCUT2D eigenvalue weighted by Gasteiger charge is -2.14. The van der Waals surface area contributed by atoms with Crippen molar-refractivity contribution in [3.8, 4) is 0 Å². The Kier molecular flexibility index (Phi) is 5.98. The summed E-state index contributed by atoms with van der Waals surface area (Å²) in [6.45, 7) is 6.86. The van der Waals surface area contributed by atoms with E-state index in [1.54, 1.807) is 22.8 Å². The van der Waals surface area contributed by atoms with Gasteiger partial charge in [0.25, 0.3) is 5.56 Å². The van der Waals surface area contributed by atoms with Gasteiger partial charge < -0.3 is 4.52 Å². The molecule has 0 spiro atoms. The van der Waals surface area contributed by atoms with E-state index in [1.807, 2.05) is 6.92 Å². The summed E-state index contributed by atoms with van der Waals surface area (Å²) in [6, 6.07) is 5.18. The molecule has 0 saturated carbocycles. The lowest BCUT2D eigenvalue weighted by Crippen LogP contribution is -2.24. The minimum absolute atomic E-state index is 0.0443. The molecule has 8 heteroatoms. The van der Waals surface area contributed by atoms with Crippen molar-refractivity contribution in [1.29, 1.82) is 0 Å². The summed E-state index contributed by atoms with van der Waals surface area (Å²) in [4.78, 5) is 21.9. The highest BCUT2D eigenvalue weighted by Gasteiger charge is 2.14. The molecule has 2 aromatic heterocycles. The summed E-state index contributed by atoms with van der Waals surface area (Å²) >= 11 is 7.50. The number of thioether (sulfide) groups is 1. The molecule has 0 aliphatic heterocycles. The molecule has 6 nitrogen and oxygen atoms in total. The van der Waals surface area contributed by atoms with Crippen LogP contribution in [0.2, 0.25) is 5.02 Å². The molecular weight excluding hydrogens is 372 g/mol. The maximum absolute atomic E-state index is 13.0. The number of hydrogen-bond donors (Lipinski definition) is 0. The van der Waals surface area contributed by atoms with Crippen LogP contribution in [-0.2, 0) is 18.7 Å². The highest BCUT2D eigenvalue weighted by molar-refractivity contribution is 7.98. The van der Waals surface area contributed by atoms with Crippen LogP contribution in [0.15, 0.2) is 32.7 Å². The van der Waals surface area contributed by atoms with Crippen molar-refractivity contribution in [1.82, 2.24) is 19.7 Å². The van der Waals surface area contributed by atoms with Gasteiger partial charge >= 0.3 is 0 Å². The maximum atomic E-state index is 13.0. The third-order valence-corrected chi connectivity index (χ3v) is 5.16. The van der Waals surface area contributed by atoms with Crippen molar-refractivity contribution in [2.75, 3.05) is 0 Å². The van der Waals surface area contributed by atoms with Gasteiger partial charge in [-0.2, -0.15) is 4.98 Å². The first kappa shape index (κ1) is 18.9. The number of rotatable bonds is 7. The van der Waals surface area contributed by atoms with Crippen molar-refractivity contribution in [2.24, 2.45) is 5.92 Å². The van der Waals surface area contributed by atoms with Crippen molar-refractivity contribution in [3.05, 3.63) is 45.3 Å². The Balaban J connectivity index is 1.96. The van der Waals surface area contributed by atoms with Crippen molar-refractivity contribution in [2.45, 2.75) is 51.1 Å². The van der Waals surface area contributed by atoms with Crippen molar-refractivity contribution in [3.63, 3.8) is 0 Å². The molecule has 26 heavy (non-hydrogen) atoms. The fraction of sp³-hybridized carbons (Fsp3) is 0.444. The van der Waals surface area contributed by atoms with Crippen LogP contribution in [-0.4, -0.2) is 19.7 Å². The molecule has 138 valence electrons. The Morgan fingerprint density at radius 3 is 2.81 bits per heavy atom. The van der Waals surface area contributed by atoms with Crippen LogP contribution in [0.5, 0.6) is 0 Å². The van der Waals surface area contributed by atoms with Crippen LogP contribution in [0, 0.1) is 5.92 Å². The number of halogens is 1. The van der Waals surface area contributed by atoms with Crippen LogP contribution >= 0.6 is 23.4 Å². The summed E-state index contributed by atoms with van der Waals surface area (Å²) in [6.07, 6.45) is 1.60. The molecule has 0 atom stereocenters. The third kappa shape index (κ3) is 4.27. The molecule has 0 aliphatic carbocycles. The van der Waals surface area contributed by atoms with E-state index in [-0.39, 0.29) is 5.56 Å². The number of fused-ring (bicyclic) bond motifs is 1. The van der Waals surface area contributed by atoms with Gasteiger partial charge in [-0.1, -0.05) is 49.3 Å². The number of nitrogens with zero attached hydrogens (tertiary/aromatic N) is 4. The number of benzene rings is 1. The van der Waals surface area contributed by atoms with E-state index in [4.69, 9.17) is 16.1 Å². The Bertz CT molecular complexity index is 967. The fourth-order valence-corrected chi connectivity index (χ4v) is 3.52. The highest BCUT2D eigenvalue weighted by Crippen LogP contribution is 2.23. The predicted molar refractivity (Wildman–Crippen MR) is 104 cm³/mol. The second kappa shape index (κ2) is 8.22. The van der Waals surface area contributed by atoms with E-state index in [9.17, 15) is 4.79 Å². The first-order valence-electron chi connectivity index (χ1n) is 8.62. The van der Waals surface area contributed by atoms with Crippen LogP contribution in [0.4, 0.5) is 0 Å². The van der Waals surface area contributed by atoms with Gasteiger partial charge in [-0.25, -0.2) is 4.98 Å². The summed E-state index contributed by atoms with van der Waals surface area (Å²) in [5.41, 5.74) is 0.560. The van der Waals surface area contributed by atoms with Crippen LogP contribution < -0.4 is 5.56 Å². The van der Waals surface area contributed by atoms with E-state index in [1.165, 1.54) is 11.8 Å². The van der Waals surface area contributed by atoms with E-state index in [2.05, 4.69) is 29.0 Å². The summed E-state index contributed by atoms with van der Waals surface area (Å²) in [5.74, 6) is 2.19. The molecule has 0 unspecified atom stereocenters. The molecule has 0 N–H and O–H groups in total. The highest BCUT2D eigenvalue weighted by atomic mass is 35.5. The minimum Gasteiger partial charge on any atom is -0.339 e. The molecule has 0 radical (unpaired) electrons. The molecule has 2 heterocycles. The Labute approximate surface area is 161 Å². The lowest BCUT2D eigenvalue weighted by atomic mass is 10.1. The van der Waals surface area contributed by atoms with Gasteiger partial charge in [0.05, 0.1) is 16.7 Å². The van der Waals surface area contributed by atoms with Crippen LogP contribution in [0.1, 0.15) is 38.9 Å². The topological polar surface area (TPSA) is 73.8 Å². The molecule has 0 bridgehead atoms. The zero-order valence-corrected chi connectivity index (χ0v) is 16.6. The SMILES string of the molecule is CCc1nc(CSc2nc3cc(Cl)ccc3c(=O)n2CCC(C)C)no1. The number of aryl methyl sites for hydroxylation is 1. The Morgan fingerprint density at radius 1 is 1.31 bits per heavy atom. The molecule has 0 amide bonds. The Morgan fingerprint density at radius 2 is 2.12 bits per heavy atom. The van der Waals surface area contributed by atoms with Crippen LogP contribution in [0.25, 0.3) is 10.9 Å². The molecule has 0 saturated heterocycles. The first-order chi connectivity index (χ1) is 12.5. The van der Waals surface area contributed by atoms with Gasteiger partial charge in [-0.05, 0) is 30.5 Å². The normalized spacial score (nSPS) is 11.6. The minimum atomic E-state index is -0.0443. The Hall–Kier alpha value is -1.86. The summed E-state index contributed by atoms with van der Waals surface area (Å²) in [7, 11) is 0. The van der Waals surface area contributed by atoms with Gasteiger partial charge in [0.15, 0.2) is 11.0 Å². The molecule has 3 aromatic rings. The molecular formula is C18H21ClN4O2S. The lowest BCUT2D eigenvalue weighted by molar-refractivity contribution is 0.378. The van der Waals surface area contributed by atoms with Gasteiger partial charge in [0.1, 0.15) is 0 Å². The average molecular weight is 393 g/mol. The zero-order valence-electron chi connectivity index (χ0n) is 15.0. The van der Waals surface area contributed by atoms with E-state index in [0.717, 1.165) is 6.42 Å². The van der Waals surface area contributed by atoms with E-state index >= 15 is 0 Å². The largest absolute Gasteiger partial charge is 0.339 e. The van der Waals surface area contributed by atoms with E-state index < -0.39 is 0 Å². The molecule has 1 aromatic carbocycles. The molecule has 3 rings (SSSR count). The zero-order chi connectivity index (χ0) is 18.7. The van der Waals surface area contributed by atoms with Gasteiger partial charge in [0, 0.05) is 18.0 Å². The van der Waals surface area contributed by atoms with Crippen molar-refractivity contribution < 1.29 is 4.52 Å². The van der Waals surface area contributed by atoms with Gasteiger partial charge in [-0.15, -0.1) is 0 Å². The smallest absolute Gasteiger partial charge is 0.262 e. The van der Waals surface area contributed by atoms with Crippen molar-refractivity contribution >= 4 is 34.3 Å². The fourth-order valence-electron chi connectivity index (χ4n) is 2.49. The second-order valence-corrected chi connectivity index (χ2v) is 7.82. The van der Waals surface area contributed by atoms with Gasteiger partial charge in [0.2, 0.25) is 5.89 Å². The standard InChI is InChI=1S/C18H21ClN4O2S/c1-4-16-21-15(22-25-16)10-26-18-20-14-9-12(19)5-6-13(14)17(24)23(18)8-7-11(2)3/h5-6,9,11H,4,7-8,10H2,1-3H3. The third-order valence-electron chi connectivity index (χ3n) is 3.96. The molecule has 0 fully saturated rings. The monoisotopic (exact) mass is 392 g/mol. The maximum Gasteiger partial charge on any atom is 0.262 e. The predicted octanol–water partition coefficient (Wildman–Crippen LogP) is 4.33. The number of aromatic nitrogens is 4. The molecule has 0 aliphatic rings. The second-order valence-electron chi connectivity index (χ2n) is 6.44. The first-order valence-corrected chi connectivity index (χ1v) is 9.98. The number of hydrogen-bond acceptors (Lipinski definition) is 6. The summed E-state index contributed by atoms with van der Waals surface area (Å²) < 4.78 is 6.88. The van der Waals surface area contributed by atoms with Gasteiger partial charge in [-0.3, -0.25) is 9.36 Å². The average Bonchev–Trinajstić information content (AvgIpc) is 3.07. The van der Waals surface area contributed by atoms with Crippen LogP contribution in [0.3, 0.4) is 0 Å². The quantitative estimate of drug-likeness (QED) is 0.440.